The molecule has 1 nitrogen and oxygen atoms in total. The van der Waals surface area contributed by atoms with Crippen LogP contribution >= 0.6 is 0 Å². The molecule has 0 fully saturated rings. The van der Waals surface area contributed by atoms with Crippen LogP contribution in [0.5, 0.6) is 0 Å². The van der Waals surface area contributed by atoms with Crippen molar-refractivity contribution in [2.24, 2.45) is 4.99 Å². The minimum atomic E-state index is 0.804. The second-order valence-corrected chi connectivity index (χ2v) is 3.22. The Balaban J connectivity index is 2.85. The second-order valence-electron chi connectivity index (χ2n) is 3.22. The van der Waals surface area contributed by atoms with Crippen molar-refractivity contribution in [1.82, 2.24) is 0 Å². The summed E-state index contributed by atoms with van der Waals surface area (Å²) in [6, 6.07) is 8.15. The normalized spacial score (nSPS) is 11.3. The smallest absolute Gasteiger partial charge is 0.107 e. The summed E-state index contributed by atoms with van der Waals surface area (Å²) in [6.07, 6.45) is 3.84. The molecule has 0 aliphatic heterocycles. The molecule has 0 saturated heterocycles. The van der Waals surface area contributed by atoms with Crippen LogP contribution in [0, 0.1) is 18.8 Å². The monoisotopic (exact) mass is 197 g/mol. The van der Waals surface area contributed by atoms with Crippen LogP contribution in [0.2, 0.25) is 0 Å². The fraction of sp³-hybridized carbons (Fsp3) is 0.214. The van der Waals surface area contributed by atoms with Crippen molar-refractivity contribution >= 4 is 5.71 Å². The van der Waals surface area contributed by atoms with Gasteiger partial charge >= 0.3 is 0 Å². The van der Waals surface area contributed by atoms with Crippen molar-refractivity contribution in [2.75, 3.05) is 7.05 Å². The Morgan fingerprint density at radius 1 is 1.27 bits per heavy atom. The number of hydrogen-bond donors (Lipinski definition) is 0. The zero-order valence-electron chi connectivity index (χ0n) is 9.41. The van der Waals surface area contributed by atoms with Crippen LogP contribution < -0.4 is 0 Å². The Kier molecular flexibility index (Phi) is 4.37. The molecule has 0 aromatic heterocycles. The van der Waals surface area contributed by atoms with Gasteiger partial charge in [-0.1, -0.05) is 29.7 Å². The van der Waals surface area contributed by atoms with Crippen LogP contribution in [0.25, 0.3) is 0 Å². The zero-order valence-corrected chi connectivity index (χ0v) is 9.41. The molecule has 0 heterocycles. The van der Waals surface area contributed by atoms with Crippen LogP contribution in [0.3, 0.4) is 0 Å². The molecule has 1 aromatic rings. The Hall–Kier alpha value is -1.81. The molecule has 0 bridgehead atoms. The number of aryl methyl sites for hydroxylation is 1. The van der Waals surface area contributed by atoms with E-state index in [9.17, 15) is 0 Å². The molecule has 0 radical (unpaired) electrons. The van der Waals surface area contributed by atoms with Crippen LogP contribution in [-0.4, -0.2) is 12.8 Å². The lowest BCUT2D eigenvalue weighted by atomic mass is 10.1. The van der Waals surface area contributed by atoms with E-state index in [1.54, 1.807) is 7.05 Å². The topological polar surface area (TPSA) is 12.4 Å². The lowest BCUT2D eigenvalue weighted by Crippen LogP contribution is -1.87. The number of aliphatic imine (C=N–C) groups is 1. The first-order chi connectivity index (χ1) is 7.26. The first kappa shape index (κ1) is 11.3. The van der Waals surface area contributed by atoms with Gasteiger partial charge in [-0.25, -0.2) is 0 Å². The Labute approximate surface area is 91.6 Å². The molecule has 0 amide bonds. The third kappa shape index (κ3) is 3.83. The van der Waals surface area contributed by atoms with E-state index in [0.717, 1.165) is 11.3 Å². The Bertz CT molecular complexity index is 425. The predicted molar refractivity (Wildman–Crippen MR) is 66.2 cm³/mol. The SMILES string of the molecule is C/C=C\C(C#Cc1ccc(C)cc1)=N/C. The highest BCUT2D eigenvalue weighted by molar-refractivity contribution is 6.08. The average Bonchev–Trinajstić information content (AvgIpc) is 2.26. The number of allylic oxidation sites excluding steroid dienone is 2. The van der Waals surface area contributed by atoms with E-state index in [2.05, 4.69) is 35.9 Å². The second kappa shape index (κ2) is 5.82. The third-order valence-electron chi connectivity index (χ3n) is 1.95. The summed E-state index contributed by atoms with van der Waals surface area (Å²) in [5.74, 6) is 6.09. The van der Waals surface area contributed by atoms with E-state index in [-0.39, 0.29) is 0 Å². The number of rotatable bonds is 1. The fourth-order valence-corrected chi connectivity index (χ4v) is 1.10. The molecule has 1 aromatic carbocycles. The van der Waals surface area contributed by atoms with Gasteiger partial charge in [0.05, 0.1) is 0 Å². The molecule has 0 N–H and O–H groups in total. The van der Waals surface area contributed by atoms with Gasteiger partial charge in [-0.05, 0) is 38.0 Å². The number of hydrogen-bond acceptors (Lipinski definition) is 1. The van der Waals surface area contributed by atoms with Gasteiger partial charge < -0.3 is 0 Å². The van der Waals surface area contributed by atoms with Crippen molar-refractivity contribution in [3.8, 4) is 11.8 Å². The van der Waals surface area contributed by atoms with Crippen LogP contribution in [0.4, 0.5) is 0 Å². The van der Waals surface area contributed by atoms with Crippen LogP contribution in [-0.2, 0) is 0 Å². The van der Waals surface area contributed by atoms with Gasteiger partial charge in [0.1, 0.15) is 5.71 Å². The first-order valence-corrected chi connectivity index (χ1v) is 4.94. The van der Waals surface area contributed by atoms with Crippen molar-refractivity contribution in [3.05, 3.63) is 47.5 Å². The Morgan fingerprint density at radius 2 is 1.93 bits per heavy atom. The van der Waals surface area contributed by atoms with Crippen molar-refractivity contribution in [1.29, 1.82) is 0 Å². The van der Waals surface area contributed by atoms with Gasteiger partial charge in [0.2, 0.25) is 0 Å². The maximum absolute atomic E-state index is 4.07. The molecule has 0 unspecified atom stereocenters. The molecule has 0 atom stereocenters. The molecule has 1 heteroatoms. The summed E-state index contributed by atoms with van der Waals surface area (Å²) < 4.78 is 0. The van der Waals surface area contributed by atoms with Crippen LogP contribution in [0.1, 0.15) is 18.1 Å². The zero-order chi connectivity index (χ0) is 11.1. The highest BCUT2D eigenvalue weighted by Crippen LogP contribution is 2.00. The lowest BCUT2D eigenvalue weighted by molar-refractivity contribution is 1.45. The van der Waals surface area contributed by atoms with Gasteiger partial charge in [0.25, 0.3) is 0 Å². The molecule has 1 rings (SSSR count). The highest BCUT2D eigenvalue weighted by atomic mass is 14.7. The predicted octanol–water partition coefficient (Wildman–Crippen LogP) is 2.99. The van der Waals surface area contributed by atoms with Crippen molar-refractivity contribution in [2.45, 2.75) is 13.8 Å². The quantitative estimate of drug-likeness (QED) is 0.485. The summed E-state index contributed by atoms with van der Waals surface area (Å²) in [6.45, 7) is 4.02. The lowest BCUT2D eigenvalue weighted by Gasteiger charge is -1.91. The molecule has 76 valence electrons. The maximum atomic E-state index is 4.07. The van der Waals surface area contributed by atoms with E-state index < -0.39 is 0 Å². The largest absolute Gasteiger partial charge is 0.280 e. The average molecular weight is 197 g/mol. The van der Waals surface area contributed by atoms with E-state index in [0.29, 0.717) is 0 Å². The van der Waals surface area contributed by atoms with Crippen LogP contribution in [0.15, 0.2) is 41.4 Å². The van der Waals surface area contributed by atoms with Gasteiger partial charge in [0, 0.05) is 12.6 Å². The molecule has 0 saturated carbocycles. The van der Waals surface area contributed by atoms with Gasteiger partial charge in [0.15, 0.2) is 0 Å². The van der Waals surface area contributed by atoms with Crippen molar-refractivity contribution < 1.29 is 0 Å². The molecule has 0 spiro atoms. The van der Waals surface area contributed by atoms with Gasteiger partial charge in [-0.2, -0.15) is 0 Å². The first-order valence-electron chi connectivity index (χ1n) is 4.94. The fourth-order valence-electron chi connectivity index (χ4n) is 1.10. The van der Waals surface area contributed by atoms with E-state index in [1.807, 2.05) is 31.2 Å². The summed E-state index contributed by atoms with van der Waals surface area (Å²) in [5.41, 5.74) is 3.07. The van der Waals surface area contributed by atoms with E-state index in [4.69, 9.17) is 0 Å². The minimum Gasteiger partial charge on any atom is -0.280 e. The minimum absolute atomic E-state index is 0.804. The summed E-state index contributed by atoms with van der Waals surface area (Å²) in [5, 5.41) is 0. The van der Waals surface area contributed by atoms with Gasteiger partial charge in [-0.3, -0.25) is 4.99 Å². The molecule has 0 aliphatic rings. The highest BCUT2D eigenvalue weighted by Gasteiger charge is 1.87. The third-order valence-corrected chi connectivity index (χ3v) is 1.95. The summed E-state index contributed by atoms with van der Waals surface area (Å²) in [7, 11) is 1.75. The summed E-state index contributed by atoms with van der Waals surface area (Å²) in [4.78, 5) is 4.07. The number of nitrogens with zero attached hydrogens (tertiary/aromatic N) is 1. The Morgan fingerprint density at radius 3 is 2.47 bits per heavy atom. The standard InChI is InChI=1S/C14H15N/c1-4-5-14(15-3)11-10-13-8-6-12(2)7-9-13/h4-9H,1-3H3/b5-4-,15-14+. The molecular weight excluding hydrogens is 182 g/mol. The number of benzene rings is 1. The molecular formula is C14H15N. The van der Waals surface area contributed by atoms with E-state index in [1.165, 1.54) is 5.56 Å². The molecule has 0 aliphatic carbocycles. The van der Waals surface area contributed by atoms with Gasteiger partial charge in [-0.15, -0.1) is 0 Å². The molecule has 15 heavy (non-hydrogen) atoms. The summed E-state index contributed by atoms with van der Waals surface area (Å²) >= 11 is 0. The maximum Gasteiger partial charge on any atom is 0.107 e. The van der Waals surface area contributed by atoms with E-state index >= 15 is 0 Å². The van der Waals surface area contributed by atoms with Crippen molar-refractivity contribution in [3.63, 3.8) is 0 Å².